The quantitative estimate of drug-likeness (QED) is 0.356. The zero-order valence-corrected chi connectivity index (χ0v) is 24.0. The lowest BCUT2D eigenvalue weighted by atomic mass is 9.90. The van der Waals surface area contributed by atoms with Crippen LogP contribution in [0.25, 0.3) is 0 Å². The summed E-state index contributed by atoms with van der Waals surface area (Å²) in [6, 6.07) is 8.19. The minimum Gasteiger partial charge on any atom is -0.379 e. The maximum Gasteiger partial charge on any atom is 0.0898 e. The smallest absolute Gasteiger partial charge is 0.0898 e. The van der Waals surface area contributed by atoms with Gasteiger partial charge in [-0.15, -0.1) is 0 Å². The molecule has 0 aromatic carbocycles. The molecule has 3 aliphatic carbocycles. The first-order valence-electron chi connectivity index (χ1n) is 15.6. The molecule has 37 heavy (non-hydrogen) atoms. The fourth-order valence-corrected chi connectivity index (χ4v) is 6.10. The average molecular weight is 515 g/mol. The van der Waals surface area contributed by atoms with Crippen molar-refractivity contribution in [1.29, 1.82) is 0 Å². The Labute approximate surface area is 227 Å². The van der Waals surface area contributed by atoms with Crippen LogP contribution in [0.2, 0.25) is 0 Å². The summed E-state index contributed by atoms with van der Waals surface area (Å²) in [4.78, 5) is 22.8. The van der Waals surface area contributed by atoms with Gasteiger partial charge in [-0.05, 0) is 64.5 Å². The molecule has 0 radical (unpaired) electrons. The number of aliphatic imine (C=N–C) groups is 4. The number of nitrogens with zero attached hydrogens (tertiary/aromatic N) is 6. The minimum absolute atomic E-state index is 0.481. The predicted octanol–water partition coefficient (Wildman–Crippen LogP) is 5.97. The van der Waals surface area contributed by atoms with Gasteiger partial charge in [-0.25, -0.2) is 20.0 Å². The van der Waals surface area contributed by atoms with Crippen LogP contribution in [-0.4, -0.2) is 98.5 Å². The molecular formula is C30H54N6O. The lowest BCUT2D eigenvalue weighted by molar-refractivity contribution is 0.0395. The molecule has 0 aromatic rings. The zero-order valence-electron chi connectivity index (χ0n) is 24.0. The fraction of sp³-hybridized carbons (Fsp3) is 0.933. The van der Waals surface area contributed by atoms with E-state index in [-0.39, 0.29) is 0 Å². The van der Waals surface area contributed by atoms with E-state index < -0.39 is 0 Å². The summed E-state index contributed by atoms with van der Waals surface area (Å²) >= 11 is 0. The highest BCUT2D eigenvalue weighted by Gasteiger charge is 2.23. The van der Waals surface area contributed by atoms with Gasteiger partial charge in [-0.1, -0.05) is 52.4 Å². The summed E-state index contributed by atoms with van der Waals surface area (Å²) < 4.78 is 5.30. The summed E-state index contributed by atoms with van der Waals surface area (Å²) in [7, 11) is 0. The van der Waals surface area contributed by atoms with Gasteiger partial charge < -0.3 is 9.64 Å². The second-order valence-electron chi connectivity index (χ2n) is 11.2. The fourth-order valence-electron chi connectivity index (χ4n) is 6.10. The molecule has 0 aromatic heterocycles. The van der Waals surface area contributed by atoms with Gasteiger partial charge >= 0.3 is 0 Å². The topological polar surface area (TPSA) is 65.2 Å². The van der Waals surface area contributed by atoms with E-state index in [0.717, 1.165) is 45.4 Å². The van der Waals surface area contributed by atoms with Crippen molar-refractivity contribution in [2.24, 2.45) is 20.0 Å². The highest BCUT2D eigenvalue weighted by molar-refractivity contribution is 5.42. The Kier molecular flexibility index (Phi) is 15.4. The number of hydrogen-bond acceptors (Lipinski definition) is 7. The normalized spacial score (nSPS) is 25.8. The van der Waals surface area contributed by atoms with E-state index in [4.69, 9.17) is 4.74 Å². The van der Waals surface area contributed by atoms with Gasteiger partial charge in [-0.2, -0.15) is 0 Å². The monoisotopic (exact) mass is 514 g/mol. The second kappa shape index (κ2) is 18.8. The molecule has 0 bridgehead atoms. The van der Waals surface area contributed by atoms with Gasteiger partial charge in [0.05, 0.1) is 49.9 Å². The molecule has 7 nitrogen and oxygen atoms in total. The van der Waals surface area contributed by atoms with Gasteiger partial charge in [0.1, 0.15) is 0 Å². The van der Waals surface area contributed by atoms with Gasteiger partial charge in [0, 0.05) is 25.7 Å². The van der Waals surface area contributed by atoms with Crippen LogP contribution < -0.4 is 0 Å². The van der Waals surface area contributed by atoms with E-state index in [0.29, 0.717) is 18.1 Å². The highest BCUT2D eigenvalue weighted by Crippen LogP contribution is 2.25. The van der Waals surface area contributed by atoms with Crippen LogP contribution >= 0.6 is 0 Å². The summed E-state index contributed by atoms with van der Waals surface area (Å²) in [5.74, 6) is 0. The van der Waals surface area contributed by atoms with Crippen LogP contribution in [0.1, 0.15) is 104 Å². The first kappa shape index (κ1) is 30.2. The Hall–Kier alpha value is -1.36. The third kappa shape index (κ3) is 12.4. The summed E-state index contributed by atoms with van der Waals surface area (Å²) in [5, 5.41) is 0. The Balaban J connectivity index is 0.000000208. The van der Waals surface area contributed by atoms with Crippen LogP contribution in [0.15, 0.2) is 20.0 Å². The number of morpholine rings is 1. The summed E-state index contributed by atoms with van der Waals surface area (Å²) in [5.41, 5.74) is 0. The van der Waals surface area contributed by atoms with Crippen molar-refractivity contribution < 1.29 is 4.74 Å². The van der Waals surface area contributed by atoms with Crippen LogP contribution in [0.5, 0.6) is 0 Å². The summed E-state index contributed by atoms with van der Waals surface area (Å²) in [6.07, 6.45) is 18.1. The molecule has 7 heteroatoms. The molecule has 1 heterocycles. The lowest BCUT2D eigenvalue weighted by Crippen LogP contribution is -2.38. The average Bonchev–Trinajstić information content (AvgIpc) is 2.96. The molecule has 3 saturated carbocycles. The van der Waals surface area contributed by atoms with Crippen molar-refractivity contribution >= 4 is 12.0 Å². The summed E-state index contributed by atoms with van der Waals surface area (Å²) in [6.45, 7) is 12.5. The molecule has 0 atom stereocenters. The van der Waals surface area contributed by atoms with Crippen molar-refractivity contribution in [3.63, 3.8) is 0 Å². The highest BCUT2D eigenvalue weighted by atomic mass is 16.5. The maximum atomic E-state index is 5.30. The van der Waals surface area contributed by atoms with Crippen LogP contribution in [0.3, 0.4) is 0 Å². The molecule has 0 amide bonds. The van der Waals surface area contributed by atoms with Gasteiger partial charge in [-0.3, -0.25) is 4.90 Å². The van der Waals surface area contributed by atoms with E-state index in [1.54, 1.807) is 0 Å². The number of hydrogen-bond donors (Lipinski definition) is 0. The van der Waals surface area contributed by atoms with Crippen LogP contribution in [0, 0.1) is 0 Å². The standard InChI is InChI=1S/C17H31N3.C13H23N3O/c1-3-20(4-2)17-12-10-16(11-13-17)19-14-18-15-8-6-5-7-9-15;1-2-4-13(5-3-1)15-12-14-6-7-16-8-10-17-11-9-16/h15-17H,3-13H2,1-2H3;13H,1-11H2. The van der Waals surface area contributed by atoms with Crippen LogP contribution in [-0.2, 0) is 4.74 Å². The largest absolute Gasteiger partial charge is 0.379 e. The van der Waals surface area contributed by atoms with E-state index >= 15 is 0 Å². The molecule has 210 valence electrons. The van der Waals surface area contributed by atoms with Gasteiger partial charge in [0.25, 0.3) is 0 Å². The number of rotatable bonds is 9. The molecular weight excluding hydrogens is 460 g/mol. The van der Waals surface area contributed by atoms with Crippen molar-refractivity contribution in [1.82, 2.24) is 9.80 Å². The Morgan fingerprint density at radius 1 is 0.676 bits per heavy atom. The lowest BCUT2D eigenvalue weighted by Gasteiger charge is -2.34. The Morgan fingerprint density at radius 3 is 1.73 bits per heavy atom. The minimum atomic E-state index is 0.481. The zero-order chi connectivity index (χ0) is 26.0. The Bertz CT molecular complexity index is 700. The van der Waals surface area contributed by atoms with Gasteiger partial charge in [0.2, 0.25) is 0 Å². The van der Waals surface area contributed by atoms with E-state index in [2.05, 4.69) is 55.6 Å². The third-order valence-corrected chi connectivity index (χ3v) is 8.57. The molecule has 4 fully saturated rings. The van der Waals surface area contributed by atoms with Gasteiger partial charge in [0.15, 0.2) is 0 Å². The predicted molar refractivity (Wildman–Crippen MR) is 155 cm³/mol. The van der Waals surface area contributed by atoms with Crippen molar-refractivity contribution in [2.75, 3.05) is 52.5 Å². The molecule has 4 rings (SSSR count). The molecule has 0 spiro atoms. The number of ether oxygens (including phenoxy) is 1. The molecule has 1 saturated heterocycles. The van der Waals surface area contributed by atoms with Crippen LogP contribution in [0.4, 0.5) is 0 Å². The van der Waals surface area contributed by atoms with Crippen molar-refractivity contribution in [3.8, 4) is 0 Å². The Morgan fingerprint density at radius 2 is 1.19 bits per heavy atom. The van der Waals surface area contributed by atoms with E-state index in [1.165, 1.54) is 103 Å². The molecule has 4 aliphatic rings. The first-order valence-corrected chi connectivity index (χ1v) is 15.6. The van der Waals surface area contributed by atoms with E-state index in [9.17, 15) is 0 Å². The van der Waals surface area contributed by atoms with E-state index in [1.807, 2.05) is 0 Å². The molecule has 0 N–H and O–H groups in total. The van der Waals surface area contributed by atoms with Crippen molar-refractivity contribution in [3.05, 3.63) is 0 Å². The SMILES string of the molecule is C(=NCCN1CCOCC1)=NC1CCCCC1.CCN(CC)C1CCC(N=C=NC2CCCCC2)CC1. The molecule has 0 unspecified atom stereocenters. The maximum absolute atomic E-state index is 5.30. The first-order chi connectivity index (χ1) is 18.3. The van der Waals surface area contributed by atoms with Crippen molar-refractivity contribution in [2.45, 2.75) is 128 Å². The molecule has 1 aliphatic heterocycles. The third-order valence-electron chi connectivity index (χ3n) is 8.57. The second-order valence-corrected chi connectivity index (χ2v) is 11.2.